The number of nitrogens with zero attached hydrogens (tertiary/aromatic N) is 2. The van der Waals surface area contributed by atoms with Crippen LogP contribution in [0.1, 0.15) is 231 Å². The highest BCUT2D eigenvalue weighted by Crippen LogP contribution is 2.51. The van der Waals surface area contributed by atoms with Gasteiger partial charge in [-0.15, -0.1) is 0 Å². The van der Waals surface area contributed by atoms with Gasteiger partial charge in [0.2, 0.25) is 23.6 Å². The molecule has 20 unspecified atom stereocenters. The van der Waals surface area contributed by atoms with Crippen molar-refractivity contribution in [1.82, 2.24) is 47.0 Å². The van der Waals surface area contributed by atoms with Crippen LogP contribution in [-0.4, -0.2) is 107 Å². The van der Waals surface area contributed by atoms with E-state index in [2.05, 4.69) is 47.0 Å². The number of carbonyl (C=O) groups is 4. The molecule has 21 N–H and O–H groups in total. The zero-order chi connectivity index (χ0) is 56.3. The van der Waals surface area contributed by atoms with E-state index in [0.29, 0.717) is 85.9 Å². The Kier molecular flexibility index (Phi) is 22.8. The molecule has 0 spiro atoms. The summed E-state index contributed by atoms with van der Waals surface area (Å²) >= 11 is 0. The van der Waals surface area contributed by atoms with Gasteiger partial charge in [-0.3, -0.25) is 66.2 Å². The summed E-state index contributed by atoms with van der Waals surface area (Å²) in [6, 6.07) is -0.341. The Balaban J connectivity index is 1.13. The first-order valence-corrected chi connectivity index (χ1v) is 33.0. The Morgan fingerprint density at radius 2 is 0.725 bits per heavy atom. The van der Waals surface area contributed by atoms with Crippen molar-refractivity contribution in [2.75, 3.05) is 0 Å². The highest BCUT2D eigenvalue weighted by atomic mass is 16.2. The van der Waals surface area contributed by atoms with E-state index in [0.717, 1.165) is 116 Å². The monoisotopic (exact) mass is 1120 g/mol. The molecule has 4 amide bonds. The normalized spacial score (nSPS) is 37.1. The van der Waals surface area contributed by atoms with Crippen LogP contribution < -0.4 is 77.4 Å². The Labute approximate surface area is 480 Å². The molecule has 0 aromatic heterocycles. The summed E-state index contributed by atoms with van der Waals surface area (Å²) in [7, 11) is 0. The molecule has 0 radical (unpaired) electrons. The van der Waals surface area contributed by atoms with Crippen molar-refractivity contribution in [2.24, 2.45) is 87.5 Å². The van der Waals surface area contributed by atoms with Gasteiger partial charge in [0.25, 0.3) is 0 Å². The molecular formula is C60H112N16O4. The highest BCUT2D eigenvalue weighted by molar-refractivity contribution is 5.74. The quantitative estimate of drug-likeness (QED) is 0.0372. The van der Waals surface area contributed by atoms with Crippen LogP contribution in [0, 0.1) is 47.3 Å². The lowest BCUT2D eigenvalue weighted by molar-refractivity contribution is -0.119. The van der Waals surface area contributed by atoms with Gasteiger partial charge in [0.05, 0.1) is 67.3 Å². The van der Waals surface area contributed by atoms with Crippen molar-refractivity contribution in [3.63, 3.8) is 0 Å². The van der Waals surface area contributed by atoms with Gasteiger partial charge in [-0.25, -0.2) is 0 Å². The minimum Gasteiger partial charge on any atom is -0.370 e. The van der Waals surface area contributed by atoms with Gasteiger partial charge in [-0.05, 0) is 150 Å². The molecule has 80 heavy (non-hydrogen) atoms. The number of unbranched alkanes of at least 4 members (excludes halogenated alkanes) is 8. The predicted octanol–water partition coefficient (Wildman–Crippen LogP) is 3.96. The number of amides is 4. The van der Waals surface area contributed by atoms with Crippen molar-refractivity contribution in [1.29, 1.82) is 0 Å². The number of carbonyl (C=O) groups excluding carboxylic acids is 4. The maximum Gasteiger partial charge on any atom is 0.217 e. The number of primary amides is 4. The standard InChI is InChI=1S/C60H112N16O4/c61-45(29-5-1-8-32-48(64)77)60(36-20-4-11-35-51(67)80,74-46(62)30-6-2-9-33-49(65)78)76-58-43-27-18-19-28-44(43)59(76)73-55-40-24-15-13-22-38(40)53(69-55)71-57-42-26-17-16-25-41(42)56(75(57)47(63)31-7-3-10-34-50(66)79)70-52-37-21-12-14-23-39(37)54(68-52)72-58/h37-47,52-59,68-74H,1-36,61-63H2,(H2,64,77)(H2,65,78)(H2,66,79)(H2,67,80). The smallest absolute Gasteiger partial charge is 0.217 e. The van der Waals surface area contributed by atoms with Crippen LogP contribution >= 0.6 is 0 Å². The first-order valence-electron chi connectivity index (χ1n) is 33.0. The van der Waals surface area contributed by atoms with Crippen LogP contribution in [0.4, 0.5) is 0 Å². The molecule has 5 saturated heterocycles. The number of hydrogen-bond acceptors (Lipinski definition) is 16. The molecule has 4 saturated carbocycles. The minimum absolute atomic E-state index is 0.0399. The molecule has 20 heteroatoms. The third kappa shape index (κ3) is 14.9. The van der Waals surface area contributed by atoms with Crippen molar-refractivity contribution in [3.8, 4) is 0 Å². The third-order valence-electron chi connectivity index (χ3n) is 21.9. The summed E-state index contributed by atoms with van der Waals surface area (Å²) in [4.78, 5) is 53.2. The second kappa shape index (κ2) is 29.5. The second-order valence-electron chi connectivity index (χ2n) is 27.1. The molecule has 9 aliphatic rings. The summed E-state index contributed by atoms with van der Waals surface area (Å²) in [6.45, 7) is 0. The predicted molar refractivity (Wildman–Crippen MR) is 313 cm³/mol. The lowest BCUT2D eigenvalue weighted by Gasteiger charge is -2.54. The number of rotatable bonds is 29. The fourth-order valence-electron chi connectivity index (χ4n) is 18.1. The van der Waals surface area contributed by atoms with Crippen LogP contribution in [0.3, 0.4) is 0 Å². The Hall–Kier alpha value is -2.60. The van der Waals surface area contributed by atoms with Crippen molar-refractivity contribution < 1.29 is 19.2 Å². The van der Waals surface area contributed by atoms with Gasteiger partial charge in [-0.2, -0.15) is 0 Å². The van der Waals surface area contributed by atoms with E-state index in [1.54, 1.807) is 0 Å². The van der Waals surface area contributed by atoms with E-state index in [9.17, 15) is 19.2 Å². The van der Waals surface area contributed by atoms with Gasteiger partial charge in [-0.1, -0.05) is 103 Å². The summed E-state index contributed by atoms with van der Waals surface area (Å²) in [5.74, 6) is 2.34. The maximum absolute atomic E-state index is 12.2. The largest absolute Gasteiger partial charge is 0.370 e. The summed E-state index contributed by atoms with van der Waals surface area (Å²) in [6.07, 6.45) is 33.5. The average molecular weight is 1120 g/mol. The zero-order valence-electron chi connectivity index (χ0n) is 49.0. The second-order valence-corrected chi connectivity index (χ2v) is 27.1. The molecule has 9 rings (SSSR count). The number of hydrogen-bond donors (Lipinski definition) is 14. The van der Waals surface area contributed by atoms with Crippen LogP contribution in [0.15, 0.2) is 0 Å². The van der Waals surface area contributed by atoms with E-state index in [1.165, 1.54) is 77.0 Å². The Bertz CT molecular complexity index is 1920. The molecular weight excluding hydrogens is 1010 g/mol. The highest BCUT2D eigenvalue weighted by Gasteiger charge is 2.62. The Morgan fingerprint density at radius 1 is 0.400 bits per heavy atom. The summed E-state index contributed by atoms with van der Waals surface area (Å²) in [5, 5.41) is 31.2. The van der Waals surface area contributed by atoms with Gasteiger partial charge in [0.1, 0.15) is 0 Å². The van der Waals surface area contributed by atoms with Gasteiger partial charge in [0, 0.05) is 31.7 Å². The van der Waals surface area contributed by atoms with Crippen molar-refractivity contribution in [2.45, 2.75) is 305 Å². The van der Waals surface area contributed by atoms with Gasteiger partial charge in [0.15, 0.2) is 0 Å². The van der Waals surface area contributed by atoms with E-state index in [-0.39, 0.29) is 91.3 Å². The van der Waals surface area contributed by atoms with Gasteiger partial charge < -0.3 is 40.1 Å². The molecule has 0 aromatic carbocycles. The minimum atomic E-state index is -0.781. The van der Waals surface area contributed by atoms with Gasteiger partial charge >= 0.3 is 0 Å². The Morgan fingerprint density at radius 3 is 1.11 bits per heavy atom. The van der Waals surface area contributed by atoms with E-state index < -0.39 is 5.66 Å². The number of nitrogens with two attached hydrogens (primary N) is 7. The average Bonchev–Trinajstić information content (AvgIpc) is 4.36. The fourth-order valence-corrected chi connectivity index (χ4v) is 18.1. The van der Waals surface area contributed by atoms with Crippen LogP contribution in [-0.2, 0) is 19.2 Å². The summed E-state index contributed by atoms with van der Waals surface area (Å²) < 4.78 is 0. The molecule has 5 heterocycles. The maximum atomic E-state index is 12.2. The van der Waals surface area contributed by atoms with E-state index >= 15 is 0 Å². The third-order valence-corrected chi connectivity index (χ3v) is 21.9. The van der Waals surface area contributed by atoms with Crippen LogP contribution in [0.2, 0.25) is 0 Å². The molecule has 4 aliphatic carbocycles. The van der Waals surface area contributed by atoms with Crippen molar-refractivity contribution >= 4 is 23.6 Å². The topological polar surface area (TPSA) is 341 Å². The van der Waals surface area contributed by atoms with Crippen molar-refractivity contribution in [3.05, 3.63) is 0 Å². The lowest BCUT2D eigenvalue weighted by atomic mass is 9.76. The molecule has 5 aliphatic heterocycles. The van der Waals surface area contributed by atoms with E-state index in [4.69, 9.17) is 40.1 Å². The van der Waals surface area contributed by atoms with Crippen LogP contribution in [0.25, 0.3) is 0 Å². The fraction of sp³-hybridized carbons (Fsp3) is 0.933. The first-order chi connectivity index (χ1) is 38.7. The van der Waals surface area contributed by atoms with Crippen LogP contribution in [0.5, 0.6) is 0 Å². The zero-order valence-corrected chi connectivity index (χ0v) is 49.0. The molecule has 20 atom stereocenters. The summed E-state index contributed by atoms with van der Waals surface area (Å²) in [5.41, 5.74) is 44.9. The first kappa shape index (κ1) is 61.9. The number of fused-ring (bicyclic) bond motifs is 20. The SMILES string of the molecule is NC(=O)CCCCCC(N)NC(CCCCCC(N)=O)(C(N)CCCCCC(N)=O)N1C2NC3NC(NC4C5CCCCC5C(NC5NC(NC1C1CCCCC12)C1CCCCC51)N4C(N)CCCCCC(N)=O)C1CCCCC31. The van der Waals surface area contributed by atoms with E-state index in [1.807, 2.05) is 0 Å². The molecule has 8 bridgehead atoms. The molecule has 20 nitrogen and oxygen atoms in total. The molecule has 0 aromatic rings. The molecule has 9 fully saturated rings. The lowest BCUT2D eigenvalue weighted by Crippen LogP contribution is -2.77. The molecule has 456 valence electrons. The number of nitrogens with one attached hydrogen (secondary N) is 7.